The quantitative estimate of drug-likeness (QED) is 0.716. The summed E-state index contributed by atoms with van der Waals surface area (Å²) < 4.78 is 13.0. The first-order valence-corrected chi connectivity index (χ1v) is 9.33. The Hall–Kier alpha value is -2.86. The molecule has 2 unspecified atom stereocenters. The fraction of sp³-hybridized carbons (Fsp3) is 0.318. The number of hydrogen-bond acceptors (Lipinski definition) is 4. The number of rotatable bonds is 4. The zero-order valence-electron chi connectivity index (χ0n) is 16.2. The van der Waals surface area contributed by atoms with Gasteiger partial charge in [-0.2, -0.15) is 0 Å². The maximum atomic E-state index is 13.0. The molecule has 3 N–H and O–H groups in total. The van der Waals surface area contributed by atoms with Crippen LogP contribution in [0.1, 0.15) is 31.5 Å². The summed E-state index contributed by atoms with van der Waals surface area (Å²) in [5.41, 5.74) is 9.69. The molecule has 4 rings (SSSR count). The van der Waals surface area contributed by atoms with Gasteiger partial charge in [0.1, 0.15) is 12.0 Å². The first kappa shape index (κ1) is 18.5. The van der Waals surface area contributed by atoms with Crippen molar-refractivity contribution in [2.45, 2.75) is 38.9 Å². The van der Waals surface area contributed by atoms with Gasteiger partial charge in [0.25, 0.3) is 0 Å². The van der Waals surface area contributed by atoms with E-state index in [1.165, 1.54) is 0 Å². The Morgan fingerprint density at radius 2 is 1.93 bits per heavy atom. The van der Waals surface area contributed by atoms with Gasteiger partial charge in [0.05, 0.1) is 17.2 Å². The number of amides is 1. The van der Waals surface area contributed by atoms with Crippen molar-refractivity contribution < 1.29 is 9.18 Å². The first-order valence-electron chi connectivity index (χ1n) is 9.33. The Labute approximate surface area is 163 Å². The summed E-state index contributed by atoms with van der Waals surface area (Å²) in [7, 11) is 0. The lowest BCUT2D eigenvalue weighted by molar-refractivity contribution is -0.117. The minimum absolute atomic E-state index is 0.302. The monoisotopic (exact) mass is 378 g/mol. The highest BCUT2D eigenvalue weighted by Crippen LogP contribution is 2.35. The van der Waals surface area contributed by atoms with Gasteiger partial charge in [-0.15, -0.1) is 0 Å². The van der Waals surface area contributed by atoms with Crippen LogP contribution in [0.4, 0.5) is 10.2 Å². The molecular weight excluding hydrogens is 355 g/mol. The average molecular weight is 378 g/mol. The molecule has 1 fully saturated rings. The first-order chi connectivity index (χ1) is 13.2. The van der Waals surface area contributed by atoms with Crippen molar-refractivity contribution >= 4 is 22.5 Å². The van der Waals surface area contributed by atoms with E-state index in [9.17, 15) is 9.18 Å². The number of fused-ring (bicyclic) bond motifs is 1. The SMILES string of the molecule is Cc1cc(C(C)(C)N)ncc1-c1ccc2cc(NC(=O)C3CC3F)ncc2c1. The topological polar surface area (TPSA) is 80.9 Å². The largest absolute Gasteiger partial charge is 0.321 e. The van der Waals surface area contributed by atoms with Crippen molar-refractivity contribution in [1.29, 1.82) is 0 Å². The zero-order chi connectivity index (χ0) is 20.1. The number of alkyl halides is 1. The number of anilines is 1. The van der Waals surface area contributed by atoms with Crippen molar-refractivity contribution in [2.75, 3.05) is 5.32 Å². The number of benzene rings is 1. The fourth-order valence-electron chi connectivity index (χ4n) is 3.24. The summed E-state index contributed by atoms with van der Waals surface area (Å²) in [6.45, 7) is 5.91. The molecule has 2 aromatic heterocycles. The van der Waals surface area contributed by atoms with Crippen molar-refractivity contribution in [3.63, 3.8) is 0 Å². The van der Waals surface area contributed by atoms with Gasteiger partial charge in [-0.3, -0.25) is 9.78 Å². The summed E-state index contributed by atoms with van der Waals surface area (Å²) in [6, 6.07) is 9.87. The molecule has 1 saturated carbocycles. The molecule has 0 aliphatic heterocycles. The molecule has 5 nitrogen and oxygen atoms in total. The van der Waals surface area contributed by atoms with E-state index in [1.54, 1.807) is 12.3 Å². The molecule has 144 valence electrons. The Morgan fingerprint density at radius 3 is 2.57 bits per heavy atom. The highest BCUT2D eigenvalue weighted by atomic mass is 19.1. The second kappa shape index (κ2) is 6.63. The number of carbonyl (C=O) groups excluding carboxylic acids is 1. The average Bonchev–Trinajstić information content (AvgIpc) is 3.37. The van der Waals surface area contributed by atoms with Gasteiger partial charge in [0.2, 0.25) is 5.91 Å². The van der Waals surface area contributed by atoms with Crippen LogP contribution in [0.15, 0.2) is 42.7 Å². The van der Waals surface area contributed by atoms with Gasteiger partial charge in [-0.1, -0.05) is 12.1 Å². The van der Waals surface area contributed by atoms with Crippen LogP contribution in [-0.4, -0.2) is 22.0 Å². The number of aryl methyl sites for hydroxylation is 1. The van der Waals surface area contributed by atoms with Crippen LogP contribution in [0.3, 0.4) is 0 Å². The number of carbonyl (C=O) groups is 1. The van der Waals surface area contributed by atoms with Crippen LogP contribution in [-0.2, 0) is 10.3 Å². The van der Waals surface area contributed by atoms with E-state index in [0.29, 0.717) is 12.2 Å². The number of pyridine rings is 2. The van der Waals surface area contributed by atoms with E-state index in [4.69, 9.17) is 5.73 Å². The normalized spacial score (nSPS) is 18.9. The van der Waals surface area contributed by atoms with E-state index in [2.05, 4.69) is 15.3 Å². The number of halogens is 1. The van der Waals surface area contributed by atoms with Crippen molar-refractivity contribution in [3.05, 3.63) is 54.0 Å². The molecule has 1 aromatic carbocycles. The van der Waals surface area contributed by atoms with Gasteiger partial charge in [-0.05, 0) is 61.9 Å². The minimum Gasteiger partial charge on any atom is -0.321 e. The van der Waals surface area contributed by atoms with Crippen LogP contribution in [0, 0.1) is 12.8 Å². The van der Waals surface area contributed by atoms with Gasteiger partial charge < -0.3 is 11.1 Å². The molecule has 1 aliphatic carbocycles. The predicted octanol–water partition coefficient (Wildman–Crippen LogP) is 4.10. The molecule has 0 radical (unpaired) electrons. The highest BCUT2D eigenvalue weighted by molar-refractivity contribution is 5.96. The second-order valence-corrected chi connectivity index (χ2v) is 8.09. The molecule has 28 heavy (non-hydrogen) atoms. The third-order valence-electron chi connectivity index (χ3n) is 5.10. The summed E-state index contributed by atoms with van der Waals surface area (Å²) in [5.74, 6) is -0.394. The predicted molar refractivity (Wildman–Crippen MR) is 109 cm³/mol. The van der Waals surface area contributed by atoms with E-state index in [1.807, 2.05) is 51.2 Å². The summed E-state index contributed by atoms with van der Waals surface area (Å²) in [5, 5.41) is 4.59. The van der Waals surface area contributed by atoms with Crippen molar-refractivity contribution in [2.24, 2.45) is 11.7 Å². The molecule has 1 amide bonds. The molecule has 0 saturated heterocycles. The van der Waals surface area contributed by atoms with Gasteiger partial charge in [-0.25, -0.2) is 9.37 Å². The summed E-state index contributed by atoms with van der Waals surface area (Å²) in [4.78, 5) is 20.7. The Morgan fingerprint density at radius 1 is 1.18 bits per heavy atom. The van der Waals surface area contributed by atoms with Gasteiger partial charge in [0, 0.05) is 23.3 Å². The Bertz CT molecular complexity index is 1070. The third kappa shape index (κ3) is 3.60. The smallest absolute Gasteiger partial charge is 0.231 e. The standard InChI is InChI=1S/C22H23FN4O/c1-12-6-19(22(2,3)24)25-11-17(12)14-5-4-13-8-20(26-10-15(13)7-14)27-21(28)16-9-18(16)23/h4-8,10-11,16,18H,9,24H2,1-3H3,(H,26,27,28). The molecular formula is C22H23FN4O. The Kier molecular flexibility index (Phi) is 4.38. The third-order valence-corrected chi connectivity index (χ3v) is 5.10. The summed E-state index contributed by atoms with van der Waals surface area (Å²) >= 11 is 0. The molecule has 3 aromatic rings. The highest BCUT2D eigenvalue weighted by Gasteiger charge is 2.43. The number of nitrogens with zero attached hydrogens (tertiary/aromatic N) is 2. The van der Waals surface area contributed by atoms with Crippen LogP contribution in [0.2, 0.25) is 0 Å². The Balaban J connectivity index is 1.61. The molecule has 0 bridgehead atoms. The lowest BCUT2D eigenvalue weighted by Gasteiger charge is -2.19. The number of hydrogen-bond donors (Lipinski definition) is 2. The fourth-order valence-corrected chi connectivity index (χ4v) is 3.24. The molecule has 1 aliphatic rings. The molecule has 0 spiro atoms. The summed E-state index contributed by atoms with van der Waals surface area (Å²) in [6.07, 6.45) is 2.85. The van der Waals surface area contributed by atoms with Crippen LogP contribution in [0.5, 0.6) is 0 Å². The van der Waals surface area contributed by atoms with Crippen LogP contribution < -0.4 is 11.1 Å². The number of aromatic nitrogens is 2. The van der Waals surface area contributed by atoms with Gasteiger partial charge >= 0.3 is 0 Å². The minimum atomic E-state index is -1.02. The number of nitrogens with two attached hydrogens (primary N) is 1. The van der Waals surface area contributed by atoms with Gasteiger partial charge in [0.15, 0.2) is 0 Å². The lowest BCUT2D eigenvalue weighted by Crippen LogP contribution is -2.29. The molecule has 2 atom stereocenters. The molecule has 2 heterocycles. The van der Waals surface area contributed by atoms with E-state index in [0.717, 1.165) is 33.2 Å². The van der Waals surface area contributed by atoms with Crippen molar-refractivity contribution in [3.8, 4) is 11.1 Å². The zero-order valence-corrected chi connectivity index (χ0v) is 16.2. The lowest BCUT2D eigenvalue weighted by atomic mass is 9.95. The number of nitrogens with one attached hydrogen (secondary N) is 1. The maximum absolute atomic E-state index is 13.0. The maximum Gasteiger partial charge on any atom is 0.231 e. The van der Waals surface area contributed by atoms with Crippen LogP contribution >= 0.6 is 0 Å². The van der Waals surface area contributed by atoms with Crippen molar-refractivity contribution in [1.82, 2.24) is 9.97 Å². The van der Waals surface area contributed by atoms with E-state index < -0.39 is 17.6 Å². The van der Waals surface area contributed by atoms with E-state index >= 15 is 0 Å². The molecule has 6 heteroatoms. The second-order valence-electron chi connectivity index (χ2n) is 8.09. The van der Waals surface area contributed by atoms with Crippen LogP contribution in [0.25, 0.3) is 21.9 Å². The van der Waals surface area contributed by atoms with E-state index in [-0.39, 0.29) is 5.91 Å².